The Labute approximate surface area is 111 Å². The highest BCUT2D eigenvalue weighted by Crippen LogP contribution is 2.22. The first kappa shape index (κ1) is 14.9. The van der Waals surface area contributed by atoms with Gasteiger partial charge < -0.3 is 10.6 Å². The van der Waals surface area contributed by atoms with Gasteiger partial charge in [-0.2, -0.15) is 0 Å². The molecule has 1 aromatic rings. The molecule has 4 nitrogen and oxygen atoms in total. The number of anilines is 1. The number of rotatable bonds is 6. The lowest BCUT2D eigenvalue weighted by Gasteiger charge is -2.29. The van der Waals surface area contributed by atoms with E-state index >= 15 is 0 Å². The second kappa shape index (κ2) is 6.69. The number of nitrogens with zero attached hydrogens (tertiary/aromatic N) is 3. The monoisotopic (exact) mass is 250 g/mol. The molecule has 18 heavy (non-hydrogen) atoms. The predicted molar refractivity (Wildman–Crippen MR) is 76.8 cm³/mol. The molecule has 0 amide bonds. The van der Waals surface area contributed by atoms with Gasteiger partial charge in [0.15, 0.2) is 0 Å². The number of nitrogens with two attached hydrogens (primary N) is 1. The molecule has 0 aliphatic heterocycles. The van der Waals surface area contributed by atoms with E-state index in [0.29, 0.717) is 18.5 Å². The van der Waals surface area contributed by atoms with Crippen LogP contribution in [0, 0.1) is 0 Å². The third kappa shape index (κ3) is 3.19. The van der Waals surface area contributed by atoms with E-state index in [2.05, 4.69) is 49.6 Å². The van der Waals surface area contributed by atoms with Gasteiger partial charge in [-0.15, -0.1) is 0 Å². The van der Waals surface area contributed by atoms with E-state index in [1.807, 2.05) is 6.20 Å². The first-order valence-electron chi connectivity index (χ1n) is 6.83. The van der Waals surface area contributed by atoms with Crippen molar-refractivity contribution in [3.8, 4) is 0 Å². The van der Waals surface area contributed by atoms with Crippen molar-refractivity contribution in [2.75, 3.05) is 11.9 Å². The minimum Gasteiger partial charge on any atom is -0.369 e. The smallest absolute Gasteiger partial charge is 0.131 e. The topological polar surface area (TPSA) is 55.0 Å². The molecule has 0 aromatic carbocycles. The van der Waals surface area contributed by atoms with Crippen molar-refractivity contribution in [1.82, 2.24) is 9.97 Å². The van der Waals surface area contributed by atoms with Crippen molar-refractivity contribution in [2.24, 2.45) is 5.73 Å². The second-order valence-corrected chi connectivity index (χ2v) is 5.00. The third-order valence-corrected chi connectivity index (χ3v) is 3.44. The SMILES string of the molecule is CCC(CC)N(C)c1cnc(C(C)C)nc1CN. The Kier molecular flexibility index (Phi) is 5.54. The highest BCUT2D eigenvalue weighted by atomic mass is 15.2. The largest absolute Gasteiger partial charge is 0.369 e. The lowest BCUT2D eigenvalue weighted by atomic mass is 10.1. The van der Waals surface area contributed by atoms with Gasteiger partial charge in [0.25, 0.3) is 0 Å². The Bertz CT molecular complexity index is 372. The van der Waals surface area contributed by atoms with Crippen LogP contribution in [0.5, 0.6) is 0 Å². The molecule has 2 N–H and O–H groups in total. The predicted octanol–water partition coefficient (Wildman–Crippen LogP) is 2.68. The maximum atomic E-state index is 5.82. The molecule has 0 aliphatic carbocycles. The van der Waals surface area contributed by atoms with E-state index in [4.69, 9.17) is 5.73 Å². The van der Waals surface area contributed by atoms with E-state index in [1.54, 1.807) is 0 Å². The minimum atomic E-state index is 0.336. The lowest BCUT2D eigenvalue weighted by molar-refractivity contribution is 0.586. The normalized spacial score (nSPS) is 11.3. The van der Waals surface area contributed by atoms with Crippen molar-refractivity contribution in [2.45, 2.75) is 59.0 Å². The Hall–Kier alpha value is -1.16. The lowest BCUT2D eigenvalue weighted by Crippen LogP contribution is -2.32. The Balaban J connectivity index is 3.08. The first-order chi connectivity index (χ1) is 8.54. The zero-order valence-corrected chi connectivity index (χ0v) is 12.3. The maximum absolute atomic E-state index is 5.82. The van der Waals surface area contributed by atoms with Crippen LogP contribution in [0.3, 0.4) is 0 Å². The van der Waals surface area contributed by atoms with Crippen LogP contribution in [-0.2, 0) is 6.54 Å². The van der Waals surface area contributed by atoms with Crippen molar-refractivity contribution in [3.63, 3.8) is 0 Å². The van der Waals surface area contributed by atoms with Crippen LogP contribution in [0.1, 0.15) is 58.0 Å². The summed E-state index contributed by atoms with van der Waals surface area (Å²) >= 11 is 0. The van der Waals surface area contributed by atoms with Gasteiger partial charge in [-0.1, -0.05) is 27.7 Å². The van der Waals surface area contributed by atoms with E-state index in [0.717, 1.165) is 30.0 Å². The molecule has 0 spiro atoms. The molecule has 0 saturated carbocycles. The van der Waals surface area contributed by atoms with Crippen LogP contribution in [0.2, 0.25) is 0 Å². The molecule has 1 heterocycles. The van der Waals surface area contributed by atoms with Crippen LogP contribution in [0.4, 0.5) is 5.69 Å². The molecular formula is C14H26N4. The molecule has 1 rings (SSSR count). The van der Waals surface area contributed by atoms with Gasteiger partial charge in [-0.25, -0.2) is 9.97 Å². The average molecular weight is 250 g/mol. The van der Waals surface area contributed by atoms with Gasteiger partial charge in [0.1, 0.15) is 5.82 Å². The molecule has 0 saturated heterocycles. The quantitative estimate of drug-likeness (QED) is 0.843. The molecular weight excluding hydrogens is 224 g/mol. The molecule has 0 fully saturated rings. The third-order valence-electron chi connectivity index (χ3n) is 3.44. The molecule has 102 valence electrons. The fraction of sp³-hybridized carbons (Fsp3) is 0.714. The van der Waals surface area contributed by atoms with Crippen molar-refractivity contribution >= 4 is 5.69 Å². The van der Waals surface area contributed by atoms with Crippen LogP contribution >= 0.6 is 0 Å². The first-order valence-corrected chi connectivity index (χ1v) is 6.83. The molecule has 0 unspecified atom stereocenters. The maximum Gasteiger partial charge on any atom is 0.131 e. The van der Waals surface area contributed by atoms with Crippen LogP contribution in [-0.4, -0.2) is 23.1 Å². The van der Waals surface area contributed by atoms with Gasteiger partial charge in [0, 0.05) is 25.6 Å². The summed E-state index contributed by atoms with van der Waals surface area (Å²) in [4.78, 5) is 11.3. The average Bonchev–Trinajstić information content (AvgIpc) is 2.39. The molecule has 0 aliphatic rings. The molecule has 4 heteroatoms. The standard InChI is InChI=1S/C14H26N4/c1-6-11(7-2)18(5)13-9-16-14(10(3)4)17-12(13)8-15/h9-11H,6-8,15H2,1-5H3. The van der Waals surface area contributed by atoms with E-state index < -0.39 is 0 Å². The van der Waals surface area contributed by atoms with Crippen LogP contribution in [0.15, 0.2) is 6.20 Å². The fourth-order valence-corrected chi connectivity index (χ4v) is 2.18. The summed E-state index contributed by atoms with van der Waals surface area (Å²) in [5, 5.41) is 0. The van der Waals surface area contributed by atoms with Crippen LogP contribution < -0.4 is 10.6 Å². The summed E-state index contributed by atoms with van der Waals surface area (Å²) in [7, 11) is 2.10. The Morgan fingerprint density at radius 3 is 2.33 bits per heavy atom. The Morgan fingerprint density at radius 1 is 1.28 bits per heavy atom. The van der Waals surface area contributed by atoms with E-state index in [1.165, 1.54) is 0 Å². The second-order valence-electron chi connectivity index (χ2n) is 5.00. The van der Waals surface area contributed by atoms with Gasteiger partial charge >= 0.3 is 0 Å². The van der Waals surface area contributed by atoms with Gasteiger partial charge in [-0.05, 0) is 12.8 Å². The number of aromatic nitrogens is 2. The van der Waals surface area contributed by atoms with E-state index in [-0.39, 0.29) is 0 Å². The summed E-state index contributed by atoms with van der Waals surface area (Å²) in [5.41, 5.74) is 7.84. The van der Waals surface area contributed by atoms with Crippen molar-refractivity contribution < 1.29 is 0 Å². The van der Waals surface area contributed by atoms with Gasteiger partial charge in [-0.3, -0.25) is 0 Å². The number of hydrogen-bond acceptors (Lipinski definition) is 4. The summed E-state index contributed by atoms with van der Waals surface area (Å²) in [6, 6.07) is 0.517. The summed E-state index contributed by atoms with van der Waals surface area (Å²) < 4.78 is 0. The Morgan fingerprint density at radius 2 is 1.89 bits per heavy atom. The zero-order valence-electron chi connectivity index (χ0n) is 12.3. The molecule has 0 bridgehead atoms. The molecule has 0 radical (unpaired) electrons. The fourth-order valence-electron chi connectivity index (χ4n) is 2.18. The van der Waals surface area contributed by atoms with E-state index in [9.17, 15) is 0 Å². The summed E-state index contributed by atoms with van der Waals surface area (Å²) in [6.45, 7) is 9.06. The van der Waals surface area contributed by atoms with Crippen molar-refractivity contribution in [1.29, 1.82) is 0 Å². The van der Waals surface area contributed by atoms with Gasteiger partial charge in [0.05, 0.1) is 17.6 Å². The molecule has 0 atom stereocenters. The van der Waals surface area contributed by atoms with Gasteiger partial charge in [0.2, 0.25) is 0 Å². The number of hydrogen-bond donors (Lipinski definition) is 1. The minimum absolute atomic E-state index is 0.336. The summed E-state index contributed by atoms with van der Waals surface area (Å²) in [5.74, 6) is 1.21. The highest BCUT2D eigenvalue weighted by molar-refractivity contribution is 5.49. The summed E-state index contributed by atoms with van der Waals surface area (Å²) in [6.07, 6.45) is 4.15. The highest BCUT2D eigenvalue weighted by Gasteiger charge is 2.16. The zero-order chi connectivity index (χ0) is 13.7. The van der Waals surface area contributed by atoms with Crippen LogP contribution in [0.25, 0.3) is 0 Å². The molecule has 1 aromatic heterocycles. The van der Waals surface area contributed by atoms with Crippen molar-refractivity contribution in [3.05, 3.63) is 17.7 Å².